The molecule has 41 heavy (non-hydrogen) atoms. The lowest BCUT2D eigenvalue weighted by Gasteiger charge is -2.27. The highest BCUT2D eigenvalue weighted by Crippen LogP contribution is 2.36. The number of Topliss-reactive ketones (excluding diaryl/α,β-unsaturated/α-hetero) is 1. The van der Waals surface area contributed by atoms with Crippen molar-refractivity contribution in [1.82, 2.24) is 5.32 Å². The lowest BCUT2D eigenvalue weighted by atomic mass is 9.99. The van der Waals surface area contributed by atoms with Gasteiger partial charge in [-0.15, -0.1) is 0 Å². The molecule has 2 atom stereocenters. The zero-order chi connectivity index (χ0) is 29.3. The minimum atomic E-state index is -1.04. The van der Waals surface area contributed by atoms with Gasteiger partial charge in [-0.05, 0) is 66.9 Å². The topological polar surface area (TPSA) is 113 Å². The molecule has 5 rings (SSSR count). The summed E-state index contributed by atoms with van der Waals surface area (Å²) in [6.07, 6.45) is 0. The van der Waals surface area contributed by atoms with E-state index in [0.717, 1.165) is 21.9 Å². The normalized spacial score (nSPS) is 15.7. The number of anilines is 2. The van der Waals surface area contributed by atoms with Crippen molar-refractivity contribution in [2.75, 3.05) is 16.3 Å². The quantitative estimate of drug-likeness (QED) is 0.348. The molecule has 208 valence electrons. The highest BCUT2D eigenvalue weighted by molar-refractivity contribution is 6.13. The van der Waals surface area contributed by atoms with Crippen LogP contribution in [0.25, 0.3) is 10.8 Å². The zero-order valence-electron chi connectivity index (χ0n) is 23.3. The molecule has 3 amide bonds. The van der Waals surface area contributed by atoms with E-state index in [1.165, 1.54) is 11.8 Å². The maximum Gasteiger partial charge on any atom is 0.258 e. The molecule has 3 N–H and O–H groups in total. The van der Waals surface area contributed by atoms with Crippen LogP contribution in [0.2, 0.25) is 0 Å². The van der Waals surface area contributed by atoms with Gasteiger partial charge in [0, 0.05) is 11.1 Å². The highest BCUT2D eigenvalue weighted by atomic mass is 16.2. The minimum Gasteiger partial charge on any atom is -0.341 e. The first kappa shape index (κ1) is 27.7. The third-order valence-corrected chi connectivity index (χ3v) is 7.50. The fourth-order valence-corrected chi connectivity index (χ4v) is 5.17. The second-order valence-corrected chi connectivity index (χ2v) is 10.4. The molecule has 0 aromatic heterocycles. The molecule has 1 aliphatic rings. The summed E-state index contributed by atoms with van der Waals surface area (Å²) < 4.78 is 0. The average Bonchev–Trinajstić information content (AvgIpc) is 3.08. The van der Waals surface area contributed by atoms with E-state index in [9.17, 15) is 19.2 Å². The first-order valence-corrected chi connectivity index (χ1v) is 13.5. The molecular weight excluding hydrogens is 516 g/mol. The number of rotatable bonds is 6. The first-order valence-electron chi connectivity index (χ1n) is 13.5. The van der Waals surface area contributed by atoms with Gasteiger partial charge in [0.05, 0.1) is 30.5 Å². The number of nitrogens with one attached hydrogen (secondary N) is 1. The first-order chi connectivity index (χ1) is 19.7. The number of hydrogen-bond donors (Lipinski definition) is 2. The van der Waals surface area contributed by atoms with Crippen molar-refractivity contribution in [3.8, 4) is 0 Å². The van der Waals surface area contributed by atoms with E-state index in [4.69, 9.17) is 5.73 Å². The molecule has 0 saturated carbocycles. The van der Waals surface area contributed by atoms with Crippen molar-refractivity contribution in [2.45, 2.75) is 39.4 Å². The van der Waals surface area contributed by atoms with Crippen LogP contribution < -0.4 is 20.9 Å². The van der Waals surface area contributed by atoms with Crippen LogP contribution >= 0.6 is 0 Å². The van der Waals surface area contributed by atoms with Crippen LogP contribution in [0.4, 0.5) is 11.4 Å². The predicted molar refractivity (Wildman–Crippen MR) is 160 cm³/mol. The maximum absolute atomic E-state index is 14.2. The number of hydrogen-bond acceptors (Lipinski definition) is 5. The van der Waals surface area contributed by atoms with Crippen LogP contribution in [0.5, 0.6) is 0 Å². The minimum absolute atomic E-state index is 0.0907. The molecule has 0 fully saturated rings. The molecule has 0 spiro atoms. The van der Waals surface area contributed by atoms with Crippen LogP contribution in [0.15, 0.2) is 84.9 Å². The Hall–Kier alpha value is -4.82. The summed E-state index contributed by atoms with van der Waals surface area (Å²) in [7, 11) is 0. The van der Waals surface area contributed by atoms with Crippen LogP contribution in [0.1, 0.15) is 45.7 Å². The summed E-state index contributed by atoms with van der Waals surface area (Å²) in [5, 5.41) is 4.85. The van der Waals surface area contributed by atoms with Crippen LogP contribution in [0.3, 0.4) is 0 Å². The Morgan fingerprint density at radius 3 is 2.22 bits per heavy atom. The molecule has 4 aromatic rings. The van der Waals surface area contributed by atoms with E-state index in [0.29, 0.717) is 22.5 Å². The molecule has 0 bridgehead atoms. The number of ketones is 1. The van der Waals surface area contributed by atoms with Crippen LogP contribution in [-0.4, -0.2) is 42.1 Å². The zero-order valence-corrected chi connectivity index (χ0v) is 23.3. The number of carbonyl (C=O) groups is 4. The number of fused-ring (bicyclic) bond motifs is 2. The Labute approximate surface area is 238 Å². The smallest absolute Gasteiger partial charge is 0.258 e. The Morgan fingerprint density at radius 2 is 1.54 bits per heavy atom. The molecular formula is C33H32N4O4. The summed E-state index contributed by atoms with van der Waals surface area (Å²) in [6.45, 7) is 5.16. The molecule has 0 aliphatic carbocycles. The number of benzene rings is 4. The summed E-state index contributed by atoms with van der Waals surface area (Å²) in [4.78, 5) is 55.8. The fraction of sp³-hybridized carbons (Fsp3) is 0.212. The standard InChI is InChI=1S/C33H32N4O4/c1-20-12-13-24-8-4-5-9-26(24)27(20)18-36-29-10-6-7-11-30(29)37(19-28(33(36)41)35-31(39)21(2)34)32(40)25-16-14-23(15-17-25)22(3)38/h4-17,21,28H,18-19,34H2,1-3H3,(H,35,39)/t21-,28+/m1/s1. The van der Waals surface area contributed by atoms with Gasteiger partial charge in [0.25, 0.3) is 11.8 Å². The molecule has 8 nitrogen and oxygen atoms in total. The summed E-state index contributed by atoms with van der Waals surface area (Å²) in [5.41, 5.74) is 9.78. The Balaban J connectivity index is 1.63. The van der Waals surface area contributed by atoms with Crippen molar-refractivity contribution < 1.29 is 19.2 Å². The second kappa shape index (κ2) is 11.3. The third-order valence-electron chi connectivity index (χ3n) is 7.50. The lowest BCUT2D eigenvalue weighted by Crippen LogP contribution is -2.55. The Kier molecular flexibility index (Phi) is 7.68. The summed E-state index contributed by atoms with van der Waals surface area (Å²) >= 11 is 0. The van der Waals surface area contributed by atoms with Gasteiger partial charge in [-0.3, -0.25) is 19.2 Å². The lowest BCUT2D eigenvalue weighted by molar-refractivity contribution is -0.127. The number of carbonyl (C=O) groups excluding carboxylic acids is 4. The fourth-order valence-electron chi connectivity index (χ4n) is 5.17. The van der Waals surface area contributed by atoms with Gasteiger partial charge in [0.15, 0.2) is 5.78 Å². The number of aryl methyl sites for hydroxylation is 1. The molecule has 1 aliphatic heterocycles. The number of para-hydroxylation sites is 2. The largest absolute Gasteiger partial charge is 0.341 e. The monoisotopic (exact) mass is 548 g/mol. The van der Waals surface area contributed by atoms with Gasteiger partial charge in [0.2, 0.25) is 5.91 Å². The van der Waals surface area contributed by atoms with Crippen molar-refractivity contribution in [1.29, 1.82) is 0 Å². The van der Waals surface area contributed by atoms with E-state index >= 15 is 0 Å². The van der Waals surface area contributed by atoms with Crippen molar-refractivity contribution in [3.05, 3.63) is 107 Å². The molecule has 0 unspecified atom stereocenters. The molecule has 4 aromatic carbocycles. The SMILES string of the molecule is CC(=O)c1ccc(C(=O)N2C[C@H](NC(=O)[C@@H](C)N)C(=O)N(Cc3c(C)ccc4ccccc34)c3ccccc32)cc1. The van der Waals surface area contributed by atoms with E-state index in [1.807, 2.05) is 55.5 Å². The average molecular weight is 549 g/mol. The van der Waals surface area contributed by atoms with Crippen molar-refractivity contribution >= 4 is 45.7 Å². The Bertz CT molecular complexity index is 1660. The predicted octanol–water partition coefficient (Wildman–Crippen LogP) is 4.38. The van der Waals surface area contributed by atoms with Crippen LogP contribution in [-0.2, 0) is 16.1 Å². The second-order valence-electron chi connectivity index (χ2n) is 10.4. The van der Waals surface area contributed by atoms with Gasteiger partial charge in [-0.25, -0.2) is 0 Å². The number of amides is 3. The van der Waals surface area contributed by atoms with Gasteiger partial charge in [-0.1, -0.05) is 60.7 Å². The van der Waals surface area contributed by atoms with Crippen molar-refractivity contribution in [2.24, 2.45) is 5.73 Å². The van der Waals surface area contributed by atoms with E-state index in [-0.39, 0.29) is 30.7 Å². The van der Waals surface area contributed by atoms with E-state index in [2.05, 4.69) is 11.4 Å². The van der Waals surface area contributed by atoms with Crippen molar-refractivity contribution in [3.63, 3.8) is 0 Å². The highest BCUT2D eigenvalue weighted by Gasteiger charge is 2.37. The molecule has 8 heteroatoms. The van der Waals surface area contributed by atoms with Gasteiger partial charge in [-0.2, -0.15) is 0 Å². The summed E-state index contributed by atoms with van der Waals surface area (Å²) in [6, 6.07) is 23.8. The Morgan fingerprint density at radius 1 is 0.902 bits per heavy atom. The van der Waals surface area contributed by atoms with E-state index < -0.39 is 18.0 Å². The van der Waals surface area contributed by atoms with Gasteiger partial charge < -0.3 is 20.9 Å². The van der Waals surface area contributed by atoms with Gasteiger partial charge >= 0.3 is 0 Å². The van der Waals surface area contributed by atoms with E-state index in [1.54, 1.807) is 42.2 Å². The summed E-state index contributed by atoms with van der Waals surface area (Å²) in [5.74, 6) is -1.30. The van der Waals surface area contributed by atoms with Gasteiger partial charge in [0.1, 0.15) is 6.04 Å². The number of nitrogens with two attached hydrogens (primary N) is 1. The molecule has 1 heterocycles. The molecule has 0 saturated heterocycles. The molecule has 0 radical (unpaired) electrons. The van der Waals surface area contributed by atoms with Crippen LogP contribution in [0, 0.1) is 6.92 Å². The maximum atomic E-state index is 14.2. The number of nitrogens with zero attached hydrogens (tertiary/aromatic N) is 2. The third kappa shape index (κ3) is 5.47.